The summed E-state index contributed by atoms with van der Waals surface area (Å²) in [6.45, 7) is 2.72. The number of fused-ring (bicyclic) bond motifs is 2. The zero-order valence-electron chi connectivity index (χ0n) is 19.3. The second-order valence-electron chi connectivity index (χ2n) is 10.2. The number of nitriles is 1. The van der Waals surface area contributed by atoms with Crippen LogP contribution >= 0.6 is 0 Å². The van der Waals surface area contributed by atoms with Crippen molar-refractivity contribution in [3.63, 3.8) is 0 Å². The molecule has 3 fully saturated rings. The van der Waals surface area contributed by atoms with Gasteiger partial charge >= 0.3 is 0 Å². The number of nitrogens with two attached hydrogens (primary N) is 1. The third-order valence-corrected chi connectivity index (χ3v) is 9.93. The first-order valence-corrected chi connectivity index (χ1v) is 13.6. The molecule has 3 aliphatic carbocycles. The van der Waals surface area contributed by atoms with Crippen LogP contribution in [-0.4, -0.2) is 46.2 Å². The smallest absolute Gasteiger partial charge is 0.214 e. The van der Waals surface area contributed by atoms with Crippen molar-refractivity contribution < 1.29 is 8.42 Å². The summed E-state index contributed by atoms with van der Waals surface area (Å²) in [6.07, 6.45) is 12.0. The van der Waals surface area contributed by atoms with Gasteiger partial charge in [0.1, 0.15) is 17.5 Å². The molecular weight excluding hydrogens is 424 g/mol. The predicted molar refractivity (Wildman–Crippen MR) is 127 cm³/mol. The minimum absolute atomic E-state index is 0.127. The summed E-state index contributed by atoms with van der Waals surface area (Å²) in [5.74, 6) is 2.07. The Morgan fingerprint density at radius 3 is 2.56 bits per heavy atom. The van der Waals surface area contributed by atoms with Crippen molar-refractivity contribution in [2.24, 2.45) is 28.9 Å². The molecule has 3 saturated carbocycles. The molecule has 0 aliphatic heterocycles. The van der Waals surface area contributed by atoms with Gasteiger partial charge < -0.3 is 16.4 Å². The highest BCUT2D eigenvalue weighted by molar-refractivity contribution is 7.90. The lowest BCUT2D eigenvalue weighted by atomic mass is 9.59. The highest BCUT2D eigenvalue weighted by atomic mass is 32.2. The number of hydrogen-bond donors (Lipinski definition) is 5. The molecular formula is C23H40N6O2S. The summed E-state index contributed by atoms with van der Waals surface area (Å²) >= 11 is 0. The molecule has 0 heterocycles. The summed E-state index contributed by atoms with van der Waals surface area (Å²) in [5.41, 5.74) is 5.86. The van der Waals surface area contributed by atoms with Gasteiger partial charge in [0, 0.05) is 12.7 Å². The predicted octanol–water partition coefficient (Wildman–Crippen LogP) is 2.20. The number of nitrogens with zero attached hydrogens (tertiary/aromatic N) is 1. The second kappa shape index (κ2) is 11.0. The molecule has 3 rings (SSSR count). The topological polar surface area (TPSA) is 144 Å². The van der Waals surface area contributed by atoms with Crippen molar-refractivity contribution >= 4 is 15.9 Å². The van der Waals surface area contributed by atoms with Crippen molar-refractivity contribution in [2.75, 3.05) is 26.7 Å². The molecule has 0 spiro atoms. The normalized spacial score (nSPS) is 33.3. The SMILES string of the molecule is CNS(=O)(=O)[C@H]1CC[C@H](CNC[C@@H]2CC3CCC[C@@](CNC(=N)/C(C#N)=C\N)(C3)C2)CC1. The monoisotopic (exact) mass is 464 g/mol. The Hall–Kier alpha value is -1.63. The summed E-state index contributed by atoms with van der Waals surface area (Å²) < 4.78 is 26.5. The molecule has 2 bridgehead atoms. The van der Waals surface area contributed by atoms with Crippen LogP contribution in [0.3, 0.4) is 0 Å². The molecule has 0 aromatic carbocycles. The van der Waals surface area contributed by atoms with Crippen LogP contribution in [0, 0.1) is 39.9 Å². The average Bonchev–Trinajstić information content (AvgIpc) is 2.79. The Morgan fingerprint density at radius 2 is 1.91 bits per heavy atom. The van der Waals surface area contributed by atoms with Crippen molar-refractivity contribution in [1.29, 1.82) is 10.7 Å². The van der Waals surface area contributed by atoms with E-state index < -0.39 is 10.0 Å². The number of nitrogens with one attached hydrogen (secondary N) is 4. The number of sulfonamides is 1. The van der Waals surface area contributed by atoms with Gasteiger partial charge in [0.05, 0.1) is 5.25 Å². The molecule has 0 aromatic heterocycles. The molecule has 180 valence electrons. The van der Waals surface area contributed by atoms with Gasteiger partial charge in [-0.3, -0.25) is 5.41 Å². The maximum absolute atomic E-state index is 12.0. The van der Waals surface area contributed by atoms with Crippen LogP contribution in [-0.2, 0) is 10.0 Å². The molecule has 0 amide bonds. The molecule has 8 nitrogen and oxygen atoms in total. The lowest BCUT2D eigenvalue weighted by Crippen LogP contribution is -2.47. The van der Waals surface area contributed by atoms with Gasteiger partial charge in [-0.25, -0.2) is 13.1 Å². The van der Waals surface area contributed by atoms with E-state index in [1.54, 1.807) is 0 Å². The lowest BCUT2D eigenvalue weighted by Gasteiger charge is -2.49. The maximum Gasteiger partial charge on any atom is 0.214 e. The molecule has 6 N–H and O–H groups in total. The zero-order valence-corrected chi connectivity index (χ0v) is 20.1. The zero-order chi connectivity index (χ0) is 23.2. The number of amidine groups is 1. The van der Waals surface area contributed by atoms with E-state index in [-0.39, 0.29) is 22.1 Å². The summed E-state index contributed by atoms with van der Waals surface area (Å²) in [4.78, 5) is 0. The number of rotatable bonds is 9. The summed E-state index contributed by atoms with van der Waals surface area (Å²) in [7, 11) is -1.63. The molecule has 32 heavy (non-hydrogen) atoms. The molecule has 3 aliphatic rings. The summed E-state index contributed by atoms with van der Waals surface area (Å²) in [5, 5.41) is 23.9. The third kappa shape index (κ3) is 6.24. The Kier molecular flexibility index (Phi) is 8.59. The molecule has 0 aromatic rings. The summed E-state index contributed by atoms with van der Waals surface area (Å²) in [6, 6.07) is 1.98. The van der Waals surface area contributed by atoms with Crippen LogP contribution in [0.5, 0.6) is 0 Å². The molecule has 9 heteroatoms. The fraction of sp³-hybridized carbons (Fsp3) is 0.826. The first-order valence-electron chi connectivity index (χ1n) is 12.1. The van der Waals surface area contributed by atoms with Crippen LogP contribution in [0.4, 0.5) is 0 Å². The fourth-order valence-corrected chi connectivity index (χ4v) is 7.60. The van der Waals surface area contributed by atoms with Crippen LogP contribution in [0.15, 0.2) is 11.8 Å². The van der Waals surface area contributed by atoms with Gasteiger partial charge in [0.2, 0.25) is 10.0 Å². The van der Waals surface area contributed by atoms with E-state index in [4.69, 9.17) is 16.4 Å². The van der Waals surface area contributed by atoms with Gasteiger partial charge in [-0.1, -0.05) is 12.8 Å². The molecule has 0 saturated heterocycles. The van der Waals surface area contributed by atoms with E-state index in [1.807, 2.05) is 6.07 Å². The van der Waals surface area contributed by atoms with Crippen molar-refractivity contribution in [1.82, 2.24) is 15.4 Å². The van der Waals surface area contributed by atoms with Gasteiger partial charge in [0.25, 0.3) is 0 Å². The van der Waals surface area contributed by atoms with E-state index in [0.29, 0.717) is 11.8 Å². The van der Waals surface area contributed by atoms with E-state index in [1.165, 1.54) is 45.4 Å². The third-order valence-electron chi connectivity index (χ3n) is 8.01. The van der Waals surface area contributed by atoms with Crippen LogP contribution in [0.2, 0.25) is 0 Å². The Labute approximate surface area is 193 Å². The van der Waals surface area contributed by atoms with Gasteiger partial charge in [-0.15, -0.1) is 0 Å². The second-order valence-corrected chi connectivity index (χ2v) is 12.4. The van der Waals surface area contributed by atoms with Crippen LogP contribution < -0.4 is 21.1 Å². The van der Waals surface area contributed by atoms with Crippen LogP contribution in [0.1, 0.15) is 64.2 Å². The lowest BCUT2D eigenvalue weighted by molar-refractivity contribution is 0.0427. The van der Waals surface area contributed by atoms with E-state index in [2.05, 4.69) is 15.4 Å². The largest absolute Gasteiger partial charge is 0.403 e. The highest BCUT2D eigenvalue weighted by Gasteiger charge is 2.43. The Bertz CT molecular complexity index is 828. The molecule has 1 unspecified atom stereocenters. The highest BCUT2D eigenvalue weighted by Crippen LogP contribution is 2.50. The van der Waals surface area contributed by atoms with Gasteiger partial charge in [0.15, 0.2) is 0 Å². The van der Waals surface area contributed by atoms with Crippen molar-refractivity contribution in [2.45, 2.75) is 69.5 Å². The molecule has 0 radical (unpaired) electrons. The fourth-order valence-electron chi connectivity index (χ4n) is 6.38. The first-order chi connectivity index (χ1) is 15.3. The van der Waals surface area contributed by atoms with E-state index >= 15 is 0 Å². The minimum atomic E-state index is -3.14. The van der Waals surface area contributed by atoms with Crippen molar-refractivity contribution in [3.05, 3.63) is 11.8 Å². The van der Waals surface area contributed by atoms with Crippen LogP contribution in [0.25, 0.3) is 0 Å². The molecule has 3 atom stereocenters. The Balaban J connectivity index is 1.45. The van der Waals surface area contributed by atoms with Gasteiger partial charge in [-0.05, 0) is 94.7 Å². The maximum atomic E-state index is 12.0. The van der Waals surface area contributed by atoms with Crippen molar-refractivity contribution in [3.8, 4) is 6.07 Å². The number of hydrogen-bond acceptors (Lipinski definition) is 6. The quantitative estimate of drug-likeness (QED) is 0.201. The van der Waals surface area contributed by atoms with E-state index in [0.717, 1.165) is 57.7 Å². The Morgan fingerprint density at radius 1 is 1.19 bits per heavy atom. The van der Waals surface area contributed by atoms with E-state index in [9.17, 15) is 8.42 Å². The average molecular weight is 465 g/mol. The van der Waals surface area contributed by atoms with Gasteiger partial charge in [-0.2, -0.15) is 5.26 Å². The standard InChI is InChI=1S/C23H40N6O2S/c1-27-32(30,31)21-6-4-17(5-7-21)14-28-15-19-9-18-3-2-8-23(10-18,11-19)16-29-22(26)20(12-24)13-25/h12,17-19,21,27-28H,2-11,14-16,24H2,1H3,(H2,26,29)/b20-12-/t17-,18?,19-,21-,23-/m1/s1. The minimum Gasteiger partial charge on any atom is -0.403 e. The first kappa shape index (κ1) is 25.0.